The summed E-state index contributed by atoms with van der Waals surface area (Å²) in [6.07, 6.45) is 2.41. The molecule has 2 N–H and O–H groups in total. The van der Waals surface area contributed by atoms with Crippen molar-refractivity contribution < 1.29 is 23.1 Å². The van der Waals surface area contributed by atoms with Crippen LogP contribution in [-0.2, 0) is 17.8 Å². The van der Waals surface area contributed by atoms with Crippen LogP contribution in [0.2, 0.25) is 0 Å². The molecule has 0 unspecified atom stereocenters. The number of nitrogens with zero attached hydrogens (tertiary/aromatic N) is 6. The molecule has 0 atom stereocenters. The highest BCUT2D eigenvalue weighted by atomic mass is 19.1. The lowest BCUT2D eigenvalue weighted by Gasteiger charge is -2.29. The first-order valence-corrected chi connectivity index (χ1v) is 14.9. The minimum absolute atomic E-state index is 0.102. The van der Waals surface area contributed by atoms with Crippen LogP contribution >= 0.6 is 0 Å². The van der Waals surface area contributed by atoms with Crippen molar-refractivity contribution in [3.05, 3.63) is 67.7 Å². The zero-order valence-corrected chi connectivity index (χ0v) is 24.9. The molecule has 0 radical (unpaired) electrons. The number of carbonyl (C=O) groups excluding carboxylic acids is 2. The van der Waals surface area contributed by atoms with E-state index in [-0.39, 0.29) is 46.8 Å². The Kier molecular flexibility index (Phi) is 8.29. The number of anilines is 2. The number of halogens is 2. The van der Waals surface area contributed by atoms with Crippen LogP contribution in [-0.4, -0.2) is 83.4 Å². The number of carbonyl (C=O) groups is 2. The van der Waals surface area contributed by atoms with Gasteiger partial charge in [-0.3, -0.25) is 9.59 Å². The van der Waals surface area contributed by atoms with Gasteiger partial charge in [0.2, 0.25) is 10.9 Å². The average molecular weight is 623 g/mol. The number of hydrogen-bond donors (Lipinski definition) is 2. The Morgan fingerprint density at radius 3 is 1.47 bits per heavy atom. The molecule has 0 aliphatic carbocycles. The number of hydrogen-bond acceptors (Lipinski definition) is 11. The zero-order valence-electron chi connectivity index (χ0n) is 24.9. The number of aryl methyl sites for hydroxylation is 2. The molecule has 2 aliphatic rings. The second-order valence-electron chi connectivity index (χ2n) is 10.8. The van der Waals surface area contributed by atoms with E-state index in [4.69, 9.17) is 4.74 Å². The third-order valence-electron chi connectivity index (χ3n) is 8.11. The summed E-state index contributed by atoms with van der Waals surface area (Å²) in [5.41, 5.74) is -2.45. The number of fused-ring (bicyclic) bond motifs is 2. The summed E-state index contributed by atoms with van der Waals surface area (Å²) >= 11 is 0. The number of rotatable bonds is 6. The van der Waals surface area contributed by atoms with E-state index in [1.807, 2.05) is 0 Å². The maximum absolute atomic E-state index is 15.2. The van der Waals surface area contributed by atoms with Crippen LogP contribution in [0.5, 0.6) is 0 Å². The van der Waals surface area contributed by atoms with Gasteiger partial charge in [-0.2, -0.15) is 0 Å². The van der Waals surface area contributed by atoms with Gasteiger partial charge in [0.05, 0.1) is 10.8 Å². The maximum Gasteiger partial charge on any atom is 0.351 e. The monoisotopic (exact) mass is 622 g/mol. The molecule has 13 nitrogen and oxygen atoms in total. The van der Waals surface area contributed by atoms with Gasteiger partial charge in [-0.15, -0.1) is 0 Å². The van der Waals surface area contributed by atoms with Crippen molar-refractivity contribution in [2.75, 3.05) is 62.2 Å². The van der Waals surface area contributed by atoms with Crippen LogP contribution in [0.25, 0.3) is 22.1 Å². The summed E-state index contributed by atoms with van der Waals surface area (Å²) in [4.78, 5) is 65.5. The van der Waals surface area contributed by atoms with Gasteiger partial charge in [0.25, 0.3) is 0 Å². The van der Waals surface area contributed by atoms with Crippen molar-refractivity contribution in [3.8, 4) is 0 Å². The maximum atomic E-state index is 15.2. The summed E-state index contributed by atoms with van der Waals surface area (Å²) in [7, 11) is 0. The Bertz CT molecular complexity index is 1810. The molecular formula is C30H32F2N8O5. The van der Waals surface area contributed by atoms with E-state index in [9.17, 15) is 19.2 Å². The lowest BCUT2D eigenvalue weighted by Crippen LogP contribution is -2.44. The third-order valence-corrected chi connectivity index (χ3v) is 8.11. The normalized spacial score (nSPS) is 15.6. The number of nitrogens with one attached hydrogen (secondary N) is 2. The van der Waals surface area contributed by atoms with Crippen molar-refractivity contribution in [2.24, 2.45) is 0 Å². The lowest BCUT2D eigenvalue weighted by atomic mass is 10.1. The van der Waals surface area contributed by atoms with E-state index in [1.165, 1.54) is 21.5 Å². The Balaban J connectivity index is 1.34. The standard InChI is InChI=1S/C30H32F2N8O5/c1-3-37-15-19(23(41)17-13-21(31)27(35-25(17)37)39-9-5-33-6-10-39)29(43)45-30(44)20-16-38(4-2)26-18(24(20)42)14-22(32)28(36-26)40-11-7-34-8-12-40/h13-16,33-34H,3-12H2,1-2H3. The summed E-state index contributed by atoms with van der Waals surface area (Å²) in [6, 6.07) is 2.07. The molecule has 6 heterocycles. The Labute approximate surface area is 255 Å². The average Bonchev–Trinajstić information content (AvgIpc) is 3.05. The third kappa shape index (κ3) is 5.53. The topological polar surface area (TPSA) is 144 Å². The molecule has 2 saturated heterocycles. The minimum Gasteiger partial charge on any atom is -0.385 e. The Morgan fingerprint density at radius 1 is 0.733 bits per heavy atom. The van der Waals surface area contributed by atoms with Gasteiger partial charge < -0.3 is 34.3 Å². The van der Waals surface area contributed by atoms with Crippen LogP contribution in [0.15, 0.2) is 34.1 Å². The van der Waals surface area contributed by atoms with Gasteiger partial charge in [-0.05, 0) is 26.0 Å². The largest absolute Gasteiger partial charge is 0.385 e. The molecular weight excluding hydrogens is 590 g/mol. The van der Waals surface area contributed by atoms with Crippen molar-refractivity contribution in [1.82, 2.24) is 29.7 Å². The number of piperazine rings is 2. The van der Waals surface area contributed by atoms with E-state index in [0.717, 1.165) is 12.1 Å². The van der Waals surface area contributed by atoms with Crippen molar-refractivity contribution in [3.63, 3.8) is 0 Å². The van der Waals surface area contributed by atoms with Gasteiger partial charge in [0.15, 0.2) is 23.3 Å². The van der Waals surface area contributed by atoms with Crippen molar-refractivity contribution >= 4 is 45.6 Å². The van der Waals surface area contributed by atoms with Gasteiger partial charge in [-0.25, -0.2) is 28.3 Å². The summed E-state index contributed by atoms with van der Waals surface area (Å²) in [5.74, 6) is -3.87. The molecule has 0 spiro atoms. The highest BCUT2D eigenvalue weighted by molar-refractivity contribution is 6.04. The molecule has 0 aromatic carbocycles. The SMILES string of the molecule is CCn1cc(C(=O)OC(=O)c2cn(CC)c3nc(N4CCNCC4)c(F)cc3c2=O)c(=O)c2cc(F)c(N3CCNCC3)nc21. The fourth-order valence-electron chi connectivity index (χ4n) is 5.72. The fraction of sp³-hybridized carbons (Fsp3) is 0.400. The molecule has 2 fully saturated rings. The summed E-state index contributed by atoms with van der Waals surface area (Å²) in [5, 5.41) is 6.06. The van der Waals surface area contributed by atoms with Crippen LogP contribution in [0.4, 0.5) is 20.4 Å². The van der Waals surface area contributed by atoms with Gasteiger partial charge in [-0.1, -0.05) is 0 Å². The van der Waals surface area contributed by atoms with Crippen LogP contribution in [0.3, 0.4) is 0 Å². The smallest absolute Gasteiger partial charge is 0.351 e. The van der Waals surface area contributed by atoms with Crippen molar-refractivity contribution in [1.29, 1.82) is 0 Å². The van der Waals surface area contributed by atoms with E-state index in [0.29, 0.717) is 52.4 Å². The van der Waals surface area contributed by atoms with Crippen molar-refractivity contribution in [2.45, 2.75) is 26.9 Å². The van der Waals surface area contributed by atoms with Crippen LogP contribution < -0.4 is 31.3 Å². The Hall–Kier alpha value is -4.76. The zero-order chi connectivity index (χ0) is 31.8. The second kappa shape index (κ2) is 12.3. The molecule has 15 heteroatoms. The molecule has 4 aromatic heterocycles. The predicted octanol–water partition coefficient (Wildman–Crippen LogP) is 1.24. The number of ether oxygens (including phenoxy) is 1. The second-order valence-corrected chi connectivity index (χ2v) is 10.8. The van der Waals surface area contributed by atoms with E-state index < -0.39 is 45.6 Å². The van der Waals surface area contributed by atoms with Crippen LogP contribution in [0.1, 0.15) is 34.6 Å². The molecule has 0 bridgehead atoms. The summed E-state index contributed by atoms with van der Waals surface area (Å²) in [6.45, 7) is 8.80. The molecule has 0 amide bonds. The van der Waals surface area contributed by atoms with Gasteiger partial charge in [0, 0.05) is 77.8 Å². The number of aromatic nitrogens is 4. The number of pyridine rings is 4. The highest BCUT2D eigenvalue weighted by Crippen LogP contribution is 2.24. The fourth-order valence-corrected chi connectivity index (χ4v) is 5.72. The van der Waals surface area contributed by atoms with Gasteiger partial charge >= 0.3 is 11.9 Å². The van der Waals surface area contributed by atoms with Gasteiger partial charge in [0.1, 0.15) is 22.4 Å². The van der Waals surface area contributed by atoms with Crippen LogP contribution in [0, 0.1) is 11.6 Å². The molecule has 45 heavy (non-hydrogen) atoms. The molecule has 0 saturated carbocycles. The molecule has 2 aliphatic heterocycles. The lowest BCUT2D eigenvalue weighted by molar-refractivity contribution is 0.0395. The first-order valence-electron chi connectivity index (χ1n) is 14.9. The predicted molar refractivity (Wildman–Crippen MR) is 163 cm³/mol. The molecule has 6 rings (SSSR count). The first-order chi connectivity index (χ1) is 21.7. The van der Waals surface area contributed by atoms with E-state index >= 15 is 8.78 Å². The first kappa shape index (κ1) is 30.3. The highest BCUT2D eigenvalue weighted by Gasteiger charge is 2.27. The Morgan fingerprint density at radius 2 is 1.11 bits per heavy atom. The minimum atomic E-state index is -1.32. The quantitative estimate of drug-likeness (QED) is 0.237. The number of esters is 2. The van der Waals surface area contributed by atoms with E-state index in [2.05, 4.69) is 20.6 Å². The molecule has 236 valence electrons. The summed E-state index contributed by atoms with van der Waals surface area (Å²) < 4.78 is 38.3. The molecule has 4 aromatic rings. The van der Waals surface area contributed by atoms with E-state index in [1.54, 1.807) is 23.6 Å².